The lowest BCUT2D eigenvalue weighted by atomic mass is 9.63. The van der Waals surface area contributed by atoms with Crippen molar-refractivity contribution < 1.29 is 27.4 Å². The quantitative estimate of drug-likeness (QED) is 0.667. The summed E-state index contributed by atoms with van der Waals surface area (Å²) in [6.07, 6.45) is -1.33. The van der Waals surface area contributed by atoms with Crippen molar-refractivity contribution in [3.05, 3.63) is 23.8 Å². The second kappa shape index (κ2) is 8.17. The molecule has 1 atom stereocenters. The maximum atomic E-state index is 13.6. The van der Waals surface area contributed by atoms with Crippen LogP contribution in [-0.2, 0) is 11.2 Å². The highest BCUT2D eigenvalue weighted by Crippen LogP contribution is 2.54. The first-order valence-electron chi connectivity index (χ1n) is 10.6. The first kappa shape index (κ1) is 20.5. The molecule has 0 radical (unpaired) electrons. The highest BCUT2D eigenvalue weighted by Gasteiger charge is 2.62. The van der Waals surface area contributed by atoms with Crippen molar-refractivity contribution in [2.75, 3.05) is 32.8 Å². The highest BCUT2D eigenvalue weighted by atomic mass is 19.4. The van der Waals surface area contributed by atoms with Gasteiger partial charge in [0.25, 0.3) is 0 Å². The normalized spacial score (nSPS) is 22.2. The van der Waals surface area contributed by atoms with Gasteiger partial charge in [0.15, 0.2) is 11.5 Å². The molecule has 2 aliphatic heterocycles. The molecule has 7 heteroatoms. The lowest BCUT2D eigenvalue weighted by Crippen LogP contribution is -2.51. The van der Waals surface area contributed by atoms with Gasteiger partial charge in [-0.1, -0.05) is 12.5 Å². The molecule has 0 amide bonds. The van der Waals surface area contributed by atoms with E-state index in [0.29, 0.717) is 44.1 Å². The predicted molar refractivity (Wildman–Crippen MR) is 102 cm³/mol. The fourth-order valence-electron chi connectivity index (χ4n) is 4.79. The van der Waals surface area contributed by atoms with Crippen molar-refractivity contribution in [2.45, 2.75) is 51.1 Å². The summed E-state index contributed by atoms with van der Waals surface area (Å²) in [5, 5.41) is 0. The number of fused-ring (bicyclic) bond motifs is 1. The van der Waals surface area contributed by atoms with Crippen LogP contribution in [0.4, 0.5) is 13.2 Å². The van der Waals surface area contributed by atoms with E-state index in [1.807, 2.05) is 18.2 Å². The minimum absolute atomic E-state index is 0.0234. The van der Waals surface area contributed by atoms with Gasteiger partial charge in [0, 0.05) is 13.0 Å². The van der Waals surface area contributed by atoms with Crippen molar-refractivity contribution in [1.29, 1.82) is 0 Å². The van der Waals surface area contributed by atoms with Crippen molar-refractivity contribution in [2.24, 2.45) is 11.3 Å². The third-order valence-electron chi connectivity index (χ3n) is 6.60. The number of carbonyl (C=O) groups is 1. The Hall–Kier alpha value is -1.76. The van der Waals surface area contributed by atoms with Crippen LogP contribution in [0.25, 0.3) is 0 Å². The van der Waals surface area contributed by atoms with Crippen LogP contribution < -0.4 is 9.47 Å². The van der Waals surface area contributed by atoms with Crippen LogP contribution in [0.1, 0.15) is 44.1 Å². The maximum absolute atomic E-state index is 13.6. The minimum Gasteiger partial charge on any atom is -0.486 e. The number of hydrogen-bond donors (Lipinski definition) is 0. The summed E-state index contributed by atoms with van der Waals surface area (Å²) in [6, 6.07) is 5.68. The molecule has 0 bridgehead atoms. The smallest absolute Gasteiger partial charge is 0.401 e. The Morgan fingerprint density at radius 2 is 1.76 bits per heavy atom. The zero-order valence-electron chi connectivity index (χ0n) is 16.6. The summed E-state index contributed by atoms with van der Waals surface area (Å²) in [5.74, 6) is 0.601. The molecule has 1 unspecified atom stereocenters. The Labute approximate surface area is 169 Å². The van der Waals surface area contributed by atoms with Gasteiger partial charge < -0.3 is 14.4 Å². The minimum atomic E-state index is -4.45. The van der Waals surface area contributed by atoms with Gasteiger partial charge in [0.2, 0.25) is 0 Å². The molecule has 29 heavy (non-hydrogen) atoms. The topological polar surface area (TPSA) is 38.8 Å². The molecule has 1 aliphatic carbocycles. The van der Waals surface area contributed by atoms with E-state index in [0.717, 1.165) is 31.5 Å². The fraction of sp³-hybridized carbons (Fsp3) is 0.682. The van der Waals surface area contributed by atoms with Gasteiger partial charge in [-0.05, 0) is 68.8 Å². The first-order valence-corrected chi connectivity index (χ1v) is 10.6. The number of carbonyl (C=O) groups excluding carboxylic acids is 1. The number of nitrogens with zero attached hydrogens (tertiary/aromatic N) is 1. The van der Waals surface area contributed by atoms with E-state index in [-0.39, 0.29) is 25.2 Å². The highest BCUT2D eigenvalue weighted by molar-refractivity contribution is 5.86. The van der Waals surface area contributed by atoms with Gasteiger partial charge in [0.1, 0.15) is 24.4 Å². The summed E-state index contributed by atoms with van der Waals surface area (Å²) in [6.45, 7) is 3.57. The van der Waals surface area contributed by atoms with Crippen molar-refractivity contribution in [3.8, 4) is 11.5 Å². The summed E-state index contributed by atoms with van der Waals surface area (Å²) in [4.78, 5) is 15.1. The van der Waals surface area contributed by atoms with Crippen LogP contribution >= 0.6 is 0 Å². The Kier molecular flexibility index (Phi) is 5.78. The van der Waals surface area contributed by atoms with Crippen molar-refractivity contribution in [3.63, 3.8) is 0 Å². The number of likely N-dealkylation sites (tertiary alicyclic amines) is 1. The number of Topliss-reactive ketones (excluding diaryl/α,β-unsaturated/α-hetero) is 1. The number of hydrogen-bond acceptors (Lipinski definition) is 4. The second-order valence-corrected chi connectivity index (χ2v) is 8.62. The summed E-state index contributed by atoms with van der Waals surface area (Å²) >= 11 is 0. The maximum Gasteiger partial charge on any atom is 0.401 e. The monoisotopic (exact) mass is 411 g/mol. The van der Waals surface area contributed by atoms with Crippen LogP contribution in [0, 0.1) is 11.3 Å². The van der Waals surface area contributed by atoms with Gasteiger partial charge >= 0.3 is 6.18 Å². The molecule has 2 fully saturated rings. The third kappa shape index (κ3) is 4.25. The molecular formula is C22H28F3NO3. The Morgan fingerprint density at radius 1 is 1.07 bits per heavy atom. The van der Waals surface area contributed by atoms with Crippen molar-refractivity contribution in [1.82, 2.24) is 4.90 Å². The van der Waals surface area contributed by atoms with E-state index >= 15 is 0 Å². The lowest BCUT2D eigenvalue weighted by molar-refractivity contribution is -0.242. The van der Waals surface area contributed by atoms with Gasteiger partial charge in [-0.2, -0.15) is 13.2 Å². The Balaban J connectivity index is 1.49. The molecule has 0 spiro atoms. The number of ketones is 1. The zero-order chi connectivity index (χ0) is 20.5. The van der Waals surface area contributed by atoms with Gasteiger partial charge in [-0.25, -0.2) is 0 Å². The summed E-state index contributed by atoms with van der Waals surface area (Å²) in [5.41, 5.74) is -1.14. The van der Waals surface area contributed by atoms with Crippen molar-refractivity contribution >= 4 is 5.78 Å². The number of benzene rings is 1. The van der Waals surface area contributed by atoms with E-state index in [1.54, 1.807) is 0 Å². The molecule has 1 aromatic carbocycles. The van der Waals surface area contributed by atoms with Gasteiger partial charge in [0.05, 0.1) is 0 Å². The van der Waals surface area contributed by atoms with Crippen LogP contribution in [0.15, 0.2) is 18.2 Å². The molecule has 1 aromatic rings. The molecule has 160 valence electrons. The molecule has 3 aliphatic rings. The summed E-state index contributed by atoms with van der Waals surface area (Å²) < 4.78 is 52.0. The van der Waals surface area contributed by atoms with Crippen LogP contribution in [0.2, 0.25) is 0 Å². The largest absolute Gasteiger partial charge is 0.486 e. The van der Waals surface area contributed by atoms with Crippen LogP contribution in [0.5, 0.6) is 11.5 Å². The zero-order valence-corrected chi connectivity index (χ0v) is 16.6. The number of ether oxygens (including phenoxy) is 2. The molecule has 1 saturated carbocycles. The van der Waals surface area contributed by atoms with Gasteiger partial charge in [-0.3, -0.25) is 4.79 Å². The predicted octanol–water partition coefficient (Wildman–Crippen LogP) is 4.40. The lowest BCUT2D eigenvalue weighted by Gasteiger charge is -2.42. The summed E-state index contributed by atoms with van der Waals surface area (Å²) in [7, 11) is 0. The van der Waals surface area contributed by atoms with E-state index in [4.69, 9.17) is 9.47 Å². The SMILES string of the molecule is O=C(CC(Cc1ccc2c(c1)OCCO2)CN1CCCC1)C1(C(F)(F)F)CCC1. The van der Waals surface area contributed by atoms with E-state index in [2.05, 4.69) is 4.90 Å². The number of alkyl halides is 3. The van der Waals surface area contributed by atoms with Gasteiger partial charge in [-0.15, -0.1) is 0 Å². The van der Waals surface area contributed by atoms with E-state index in [1.165, 1.54) is 0 Å². The Morgan fingerprint density at radius 3 is 2.38 bits per heavy atom. The number of rotatable bonds is 7. The number of halogens is 3. The first-order chi connectivity index (χ1) is 13.9. The average Bonchev–Trinajstić information content (AvgIpc) is 3.12. The molecule has 2 heterocycles. The van der Waals surface area contributed by atoms with E-state index < -0.39 is 17.4 Å². The molecule has 4 rings (SSSR count). The molecule has 1 saturated heterocycles. The molecule has 4 nitrogen and oxygen atoms in total. The molecule has 0 N–H and O–H groups in total. The standard InChI is InChI=1S/C22H28F3NO3/c23-22(24,25)21(6-3-7-21)20(27)14-17(15-26-8-1-2-9-26)12-16-4-5-18-19(13-16)29-11-10-28-18/h4-5,13,17H,1-3,6-12,14-15H2. The second-order valence-electron chi connectivity index (χ2n) is 8.62. The average molecular weight is 411 g/mol. The van der Waals surface area contributed by atoms with Crippen LogP contribution in [0.3, 0.4) is 0 Å². The van der Waals surface area contributed by atoms with E-state index in [9.17, 15) is 18.0 Å². The molecule has 0 aromatic heterocycles. The third-order valence-corrected chi connectivity index (χ3v) is 6.60. The fourth-order valence-corrected chi connectivity index (χ4v) is 4.79. The Bertz CT molecular complexity index is 739. The van der Waals surface area contributed by atoms with Crippen LogP contribution in [-0.4, -0.2) is 49.7 Å². The molecular weight excluding hydrogens is 383 g/mol.